The van der Waals surface area contributed by atoms with Gasteiger partial charge in [0.15, 0.2) is 0 Å². The topological polar surface area (TPSA) is 81.1 Å². The lowest BCUT2D eigenvalue weighted by atomic mass is 9.68. The number of carbonyl (C=O) groups excluding carboxylic acids is 1. The Labute approximate surface area is 212 Å². The Bertz CT molecular complexity index is 918. The fourth-order valence-electron chi connectivity index (χ4n) is 6.52. The van der Waals surface area contributed by atoms with E-state index >= 15 is 0 Å². The van der Waals surface area contributed by atoms with Crippen molar-refractivity contribution in [1.82, 2.24) is 0 Å². The van der Waals surface area contributed by atoms with Gasteiger partial charge in [-0.15, -0.1) is 0 Å². The Morgan fingerprint density at radius 2 is 1.40 bits per heavy atom. The molecule has 35 heavy (non-hydrogen) atoms. The number of hydrogen-bond acceptors (Lipinski definition) is 3. The first kappa shape index (κ1) is 25.6. The molecular formula is C31H45N3O. The molecule has 2 saturated carbocycles. The van der Waals surface area contributed by atoms with Crippen molar-refractivity contribution in [3.63, 3.8) is 0 Å². The third-order valence-electron chi connectivity index (χ3n) is 8.58. The molecule has 0 atom stereocenters. The zero-order chi connectivity index (χ0) is 24.6. The molecule has 0 heterocycles. The highest BCUT2D eigenvalue weighted by atomic mass is 16.1. The van der Waals surface area contributed by atoms with Gasteiger partial charge in [-0.05, 0) is 104 Å². The van der Waals surface area contributed by atoms with E-state index in [0.29, 0.717) is 11.4 Å². The second-order valence-electron chi connectivity index (χ2n) is 11.3. The maximum absolute atomic E-state index is 12.9. The summed E-state index contributed by atoms with van der Waals surface area (Å²) in [5.41, 5.74) is 16.4. The summed E-state index contributed by atoms with van der Waals surface area (Å²) in [4.78, 5) is 12.9. The highest BCUT2D eigenvalue weighted by Gasteiger charge is 2.32. The van der Waals surface area contributed by atoms with Crippen LogP contribution in [0.4, 0.5) is 17.1 Å². The van der Waals surface area contributed by atoms with Gasteiger partial charge >= 0.3 is 0 Å². The molecule has 0 radical (unpaired) electrons. The molecule has 0 saturated heterocycles. The van der Waals surface area contributed by atoms with E-state index in [1.807, 2.05) is 24.3 Å². The van der Waals surface area contributed by atoms with Gasteiger partial charge in [-0.25, -0.2) is 0 Å². The summed E-state index contributed by atoms with van der Waals surface area (Å²) in [7, 11) is 0. The zero-order valence-electron chi connectivity index (χ0n) is 21.6. The number of amides is 1. The van der Waals surface area contributed by atoms with Crippen LogP contribution in [0.5, 0.6) is 0 Å². The molecule has 4 heteroatoms. The summed E-state index contributed by atoms with van der Waals surface area (Å²) >= 11 is 0. The van der Waals surface area contributed by atoms with Gasteiger partial charge in [0.05, 0.1) is 0 Å². The molecule has 190 valence electrons. The van der Waals surface area contributed by atoms with Crippen LogP contribution in [0.1, 0.15) is 95.1 Å². The van der Waals surface area contributed by atoms with Gasteiger partial charge in [0.1, 0.15) is 0 Å². The number of nitrogen functional groups attached to an aromatic ring is 2. The zero-order valence-corrected chi connectivity index (χ0v) is 21.6. The molecule has 0 aliphatic heterocycles. The van der Waals surface area contributed by atoms with Crippen molar-refractivity contribution in [2.45, 2.75) is 90.4 Å². The monoisotopic (exact) mass is 475 g/mol. The van der Waals surface area contributed by atoms with Gasteiger partial charge in [0.25, 0.3) is 0 Å². The van der Waals surface area contributed by atoms with Crippen LogP contribution >= 0.6 is 0 Å². The number of anilines is 3. The summed E-state index contributed by atoms with van der Waals surface area (Å²) in [6, 6.07) is 13.9. The van der Waals surface area contributed by atoms with Crippen molar-refractivity contribution in [1.29, 1.82) is 0 Å². The number of unbranched alkanes of at least 4 members (excludes halogenated alkanes) is 2. The molecule has 2 aromatic carbocycles. The lowest BCUT2D eigenvalue weighted by molar-refractivity contribution is -0.121. The van der Waals surface area contributed by atoms with E-state index < -0.39 is 0 Å². The molecule has 1 amide bonds. The molecule has 5 N–H and O–H groups in total. The van der Waals surface area contributed by atoms with Gasteiger partial charge in [-0.1, -0.05) is 57.6 Å². The normalized spacial score (nSPS) is 24.7. The third-order valence-corrected chi connectivity index (χ3v) is 8.58. The number of rotatable bonds is 9. The molecule has 4 nitrogen and oxygen atoms in total. The molecule has 2 fully saturated rings. The molecule has 0 aromatic heterocycles. The predicted molar refractivity (Wildman–Crippen MR) is 148 cm³/mol. The summed E-state index contributed by atoms with van der Waals surface area (Å²) in [6.07, 6.45) is 16.6. The van der Waals surface area contributed by atoms with E-state index in [1.165, 1.54) is 69.8 Å². The summed E-state index contributed by atoms with van der Waals surface area (Å²) < 4.78 is 0. The van der Waals surface area contributed by atoms with Crippen LogP contribution in [0.25, 0.3) is 0 Å². The molecule has 0 unspecified atom stereocenters. The Balaban J connectivity index is 1.19. The van der Waals surface area contributed by atoms with Crippen molar-refractivity contribution < 1.29 is 4.79 Å². The SMILES string of the molecule is CCCCCC1CCC(C2CCC(C(=O)Nc3ccc(Cc4cc(N)cc(N)c4)cc3)CC2)CC1. The van der Waals surface area contributed by atoms with Gasteiger partial charge in [-0.3, -0.25) is 4.79 Å². The Morgan fingerprint density at radius 3 is 2.00 bits per heavy atom. The molecule has 2 aliphatic rings. The van der Waals surface area contributed by atoms with Crippen molar-refractivity contribution in [3.8, 4) is 0 Å². The summed E-state index contributed by atoms with van der Waals surface area (Å²) in [5.74, 6) is 3.08. The predicted octanol–water partition coefficient (Wildman–Crippen LogP) is 7.57. The fraction of sp³-hybridized carbons (Fsp3) is 0.581. The smallest absolute Gasteiger partial charge is 0.227 e. The van der Waals surface area contributed by atoms with E-state index in [-0.39, 0.29) is 11.8 Å². The van der Waals surface area contributed by atoms with Crippen LogP contribution in [-0.4, -0.2) is 5.91 Å². The largest absolute Gasteiger partial charge is 0.399 e. The van der Waals surface area contributed by atoms with Crippen molar-refractivity contribution in [3.05, 3.63) is 53.6 Å². The first-order valence-electron chi connectivity index (χ1n) is 14.0. The highest BCUT2D eigenvalue weighted by molar-refractivity contribution is 5.92. The van der Waals surface area contributed by atoms with E-state index in [9.17, 15) is 4.79 Å². The first-order valence-corrected chi connectivity index (χ1v) is 14.0. The van der Waals surface area contributed by atoms with Crippen LogP contribution in [0.15, 0.2) is 42.5 Å². The molecular weight excluding hydrogens is 430 g/mol. The van der Waals surface area contributed by atoms with Gasteiger partial charge in [0.2, 0.25) is 5.91 Å². The Morgan fingerprint density at radius 1 is 0.800 bits per heavy atom. The van der Waals surface area contributed by atoms with Crippen molar-refractivity contribution in [2.24, 2.45) is 23.7 Å². The fourth-order valence-corrected chi connectivity index (χ4v) is 6.52. The quantitative estimate of drug-likeness (QED) is 0.258. The molecule has 4 rings (SSSR count). The van der Waals surface area contributed by atoms with E-state index in [0.717, 1.165) is 48.3 Å². The molecule has 2 aromatic rings. The first-order chi connectivity index (χ1) is 17.0. The van der Waals surface area contributed by atoms with Gasteiger partial charge in [-0.2, -0.15) is 0 Å². The number of benzene rings is 2. The Kier molecular flexibility index (Phi) is 9.12. The average molecular weight is 476 g/mol. The Hall–Kier alpha value is -2.49. The van der Waals surface area contributed by atoms with Crippen molar-refractivity contribution in [2.75, 3.05) is 16.8 Å². The standard InChI is InChI=1S/C31H45N3O/c1-2-3-4-5-22-6-10-25(11-7-22)26-12-14-27(15-13-26)31(35)34-30-16-8-23(9-17-30)18-24-19-28(32)21-29(33)20-24/h8-9,16-17,19-22,25-27H,2-7,10-15,18,32-33H2,1H3,(H,34,35). The minimum absolute atomic E-state index is 0.159. The van der Waals surface area contributed by atoms with Crippen LogP contribution in [0, 0.1) is 23.7 Å². The lowest BCUT2D eigenvalue weighted by Gasteiger charge is -2.37. The molecule has 0 bridgehead atoms. The number of hydrogen-bond donors (Lipinski definition) is 3. The minimum Gasteiger partial charge on any atom is -0.399 e. The maximum atomic E-state index is 12.9. The summed E-state index contributed by atoms with van der Waals surface area (Å²) in [5, 5.41) is 3.17. The summed E-state index contributed by atoms with van der Waals surface area (Å²) in [6.45, 7) is 2.30. The second-order valence-corrected chi connectivity index (χ2v) is 11.3. The molecule has 2 aliphatic carbocycles. The van der Waals surface area contributed by atoms with Crippen LogP contribution < -0.4 is 16.8 Å². The van der Waals surface area contributed by atoms with Gasteiger partial charge < -0.3 is 16.8 Å². The van der Waals surface area contributed by atoms with Crippen LogP contribution in [0.3, 0.4) is 0 Å². The minimum atomic E-state index is 0.159. The maximum Gasteiger partial charge on any atom is 0.227 e. The lowest BCUT2D eigenvalue weighted by Crippen LogP contribution is -2.30. The van der Waals surface area contributed by atoms with E-state index in [2.05, 4.69) is 24.4 Å². The van der Waals surface area contributed by atoms with E-state index in [4.69, 9.17) is 11.5 Å². The second kappa shape index (κ2) is 12.5. The average Bonchev–Trinajstić information content (AvgIpc) is 2.85. The van der Waals surface area contributed by atoms with Crippen molar-refractivity contribution >= 4 is 23.0 Å². The molecule has 0 spiro atoms. The highest BCUT2D eigenvalue weighted by Crippen LogP contribution is 2.42. The van der Waals surface area contributed by atoms with E-state index in [1.54, 1.807) is 6.07 Å². The van der Waals surface area contributed by atoms with Crippen LogP contribution in [0.2, 0.25) is 0 Å². The van der Waals surface area contributed by atoms with Crippen LogP contribution in [-0.2, 0) is 11.2 Å². The third kappa shape index (κ3) is 7.49. The van der Waals surface area contributed by atoms with Gasteiger partial charge in [0, 0.05) is 23.0 Å². The number of carbonyl (C=O) groups is 1. The number of nitrogens with one attached hydrogen (secondary N) is 1. The number of nitrogens with two attached hydrogens (primary N) is 2.